The molecular weight excluding hydrogens is 361 g/mol. The largest absolute Gasteiger partial charge is 0.449 e. The van der Waals surface area contributed by atoms with Crippen LogP contribution in [0.1, 0.15) is 36.8 Å². The van der Waals surface area contributed by atoms with Gasteiger partial charge in [0.25, 0.3) is 5.56 Å². The Kier molecular flexibility index (Phi) is 4.39. The Labute approximate surface area is 151 Å². The van der Waals surface area contributed by atoms with Gasteiger partial charge in [0.2, 0.25) is 11.8 Å². The minimum atomic E-state index is -4.75. The minimum Gasteiger partial charge on any atom is -0.369 e. The average Bonchev–Trinajstić information content (AvgIpc) is 2.99. The number of alkyl halides is 3. The van der Waals surface area contributed by atoms with Crippen LogP contribution < -0.4 is 11.3 Å². The second kappa shape index (κ2) is 6.42. The second-order valence-electron chi connectivity index (χ2n) is 6.20. The summed E-state index contributed by atoms with van der Waals surface area (Å²) in [6.45, 7) is 2.96. The van der Waals surface area contributed by atoms with Crippen LogP contribution in [0.2, 0.25) is 0 Å². The Morgan fingerprint density at radius 2 is 1.93 bits per heavy atom. The van der Waals surface area contributed by atoms with Crippen LogP contribution in [0.15, 0.2) is 29.1 Å². The van der Waals surface area contributed by atoms with Crippen LogP contribution in [0.25, 0.3) is 11.2 Å². The summed E-state index contributed by atoms with van der Waals surface area (Å²) in [5.41, 5.74) is 5.25. The lowest BCUT2D eigenvalue weighted by atomic mass is 10.1. The molecule has 0 radical (unpaired) electrons. The van der Waals surface area contributed by atoms with Crippen molar-refractivity contribution in [1.82, 2.24) is 19.1 Å². The van der Waals surface area contributed by atoms with E-state index in [4.69, 9.17) is 5.73 Å². The fourth-order valence-corrected chi connectivity index (χ4v) is 2.85. The van der Waals surface area contributed by atoms with Crippen molar-refractivity contribution >= 4 is 17.1 Å². The quantitative estimate of drug-likeness (QED) is 0.757. The number of anilines is 1. The lowest BCUT2D eigenvalue weighted by Gasteiger charge is -2.14. The lowest BCUT2D eigenvalue weighted by Crippen LogP contribution is -2.26. The highest BCUT2D eigenvalue weighted by atomic mass is 19.4. The van der Waals surface area contributed by atoms with E-state index < -0.39 is 29.1 Å². The summed E-state index contributed by atoms with van der Waals surface area (Å²) >= 11 is 0. The molecule has 0 bridgehead atoms. The Balaban J connectivity index is 2.26. The number of aromatic nitrogens is 4. The molecule has 2 N–H and O–H groups in total. The zero-order valence-corrected chi connectivity index (χ0v) is 14.4. The molecule has 3 aromatic rings. The van der Waals surface area contributed by atoms with Crippen molar-refractivity contribution in [3.05, 3.63) is 51.6 Å². The Morgan fingerprint density at radius 1 is 1.26 bits per heavy atom. The SMILES string of the molecule is CC(C)n1c(C(F)(F)F)nc2c(=O)n(Cc3ccccc3C#N)c(N)nc21. The normalized spacial score (nSPS) is 11.9. The predicted octanol–water partition coefficient (Wildman–Crippen LogP) is 2.69. The van der Waals surface area contributed by atoms with Crippen LogP contribution in [0.3, 0.4) is 0 Å². The first kappa shape index (κ1) is 18.4. The van der Waals surface area contributed by atoms with Crippen molar-refractivity contribution in [3.63, 3.8) is 0 Å². The molecule has 0 fully saturated rings. The van der Waals surface area contributed by atoms with Crippen LogP contribution >= 0.6 is 0 Å². The third kappa shape index (κ3) is 3.12. The van der Waals surface area contributed by atoms with Gasteiger partial charge in [-0.25, -0.2) is 4.98 Å². The predicted molar refractivity (Wildman–Crippen MR) is 91.8 cm³/mol. The van der Waals surface area contributed by atoms with E-state index >= 15 is 0 Å². The maximum Gasteiger partial charge on any atom is 0.449 e. The summed E-state index contributed by atoms with van der Waals surface area (Å²) in [5, 5.41) is 9.17. The number of nitrogens with two attached hydrogens (primary N) is 1. The molecule has 0 aliphatic heterocycles. The summed E-state index contributed by atoms with van der Waals surface area (Å²) in [6, 6.07) is 7.90. The molecule has 1 aromatic carbocycles. The molecule has 0 aliphatic rings. The Morgan fingerprint density at radius 3 is 2.52 bits per heavy atom. The fourth-order valence-electron chi connectivity index (χ4n) is 2.85. The van der Waals surface area contributed by atoms with Gasteiger partial charge in [-0.2, -0.15) is 23.4 Å². The number of fused-ring (bicyclic) bond motifs is 1. The summed E-state index contributed by atoms with van der Waals surface area (Å²) in [6.07, 6.45) is -4.75. The third-order valence-corrected chi connectivity index (χ3v) is 4.07. The maximum absolute atomic E-state index is 13.3. The number of rotatable bonds is 3. The zero-order chi connectivity index (χ0) is 19.9. The number of halogens is 3. The maximum atomic E-state index is 13.3. The van der Waals surface area contributed by atoms with Gasteiger partial charge in [-0.3, -0.25) is 9.36 Å². The van der Waals surface area contributed by atoms with Crippen LogP contribution in [-0.4, -0.2) is 19.1 Å². The summed E-state index contributed by atoms with van der Waals surface area (Å²) in [5.74, 6) is -1.46. The molecule has 0 unspecified atom stereocenters. The molecule has 0 spiro atoms. The number of nitrogens with zero attached hydrogens (tertiary/aromatic N) is 5. The van der Waals surface area contributed by atoms with Gasteiger partial charge in [0.05, 0.1) is 18.2 Å². The minimum absolute atomic E-state index is 0.104. The number of benzene rings is 1. The van der Waals surface area contributed by atoms with Crippen LogP contribution in [-0.2, 0) is 12.7 Å². The zero-order valence-electron chi connectivity index (χ0n) is 14.4. The van der Waals surface area contributed by atoms with Crippen molar-refractivity contribution < 1.29 is 13.2 Å². The van der Waals surface area contributed by atoms with E-state index in [1.165, 1.54) is 13.8 Å². The molecule has 2 aromatic heterocycles. The monoisotopic (exact) mass is 376 g/mol. The van der Waals surface area contributed by atoms with Crippen molar-refractivity contribution in [2.24, 2.45) is 0 Å². The van der Waals surface area contributed by atoms with E-state index in [-0.39, 0.29) is 18.1 Å². The van der Waals surface area contributed by atoms with Gasteiger partial charge in [-0.15, -0.1) is 0 Å². The molecule has 7 nitrogen and oxygen atoms in total. The second-order valence-corrected chi connectivity index (χ2v) is 6.20. The molecule has 0 aliphatic carbocycles. The fraction of sp³-hybridized carbons (Fsp3) is 0.294. The topological polar surface area (TPSA) is 103 Å². The number of hydrogen-bond donors (Lipinski definition) is 1. The molecule has 0 saturated heterocycles. The van der Waals surface area contributed by atoms with Gasteiger partial charge >= 0.3 is 6.18 Å². The van der Waals surface area contributed by atoms with Crippen molar-refractivity contribution in [2.45, 2.75) is 32.6 Å². The third-order valence-electron chi connectivity index (χ3n) is 4.07. The van der Waals surface area contributed by atoms with Crippen molar-refractivity contribution in [3.8, 4) is 6.07 Å². The first-order chi connectivity index (χ1) is 12.6. The van der Waals surface area contributed by atoms with Crippen molar-refractivity contribution in [1.29, 1.82) is 5.26 Å². The number of nitriles is 1. The highest BCUT2D eigenvalue weighted by Crippen LogP contribution is 2.32. The van der Waals surface area contributed by atoms with Crippen molar-refractivity contribution in [2.75, 3.05) is 5.73 Å². The molecule has 3 rings (SSSR count). The highest BCUT2D eigenvalue weighted by molar-refractivity contribution is 5.72. The van der Waals surface area contributed by atoms with E-state index in [0.717, 1.165) is 9.13 Å². The number of nitrogen functional groups attached to an aromatic ring is 1. The highest BCUT2D eigenvalue weighted by Gasteiger charge is 2.39. The molecule has 2 heterocycles. The molecule has 0 atom stereocenters. The summed E-state index contributed by atoms with van der Waals surface area (Å²) in [7, 11) is 0. The van der Waals surface area contributed by atoms with E-state index in [0.29, 0.717) is 11.1 Å². The Hall–Kier alpha value is -3.35. The summed E-state index contributed by atoms with van der Waals surface area (Å²) in [4.78, 5) is 20.3. The molecule has 0 saturated carbocycles. The van der Waals surface area contributed by atoms with Gasteiger partial charge in [-0.1, -0.05) is 18.2 Å². The van der Waals surface area contributed by atoms with Crippen LogP contribution in [0.4, 0.5) is 19.1 Å². The van der Waals surface area contributed by atoms with Crippen LogP contribution in [0, 0.1) is 11.3 Å². The smallest absolute Gasteiger partial charge is 0.369 e. The Bertz CT molecular complexity index is 1120. The number of hydrogen-bond acceptors (Lipinski definition) is 5. The first-order valence-corrected chi connectivity index (χ1v) is 7.98. The summed E-state index contributed by atoms with van der Waals surface area (Å²) < 4.78 is 41.9. The van der Waals surface area contributed by atoms with Gasteiger partial charge in [0, 0.05) is 6.04 Å². The standard InChI is InChI=1S/C17H15F3N6O/c1-9(2)26-13-12(23-15(26)17(18,19)20)14(27)25(16(22)24-13)8-11-6-4-3-5-10(11)7-21/h3-6,9H,8H2,1-2H3,(H2,22,24). The van der Waals surface area contributed by atoms with Gasteiger partial charge in [0.15, 0.2) is 11.2 Å². The van der Waals surface area contributed by atoms with E-state index in [9.17, 15) is 23.2 Å². The van der Waals surface area contributed by atoms with Gasteiger partial charge in [0.1, 0.15) is 0 Å². The molecule has 140 valence electrons. The van der Waals surface area contributed by atoms with Gasteiger partial charge < -0.3 is 10.3 Å². The molecule has 10 heteroatoms. The van der Waals surface area contributed by atoms with E-state index in [1.807, 2.05) is 6.07 Å². The molecular formula is C17H15F3N6O. The first-order valence-electron chi connectivity index (χ1n) is 7.98. The van der Waals surface area contributed by atoms with E-state index in [2.05, 4.69) is 9.97 Å². The number of imidazole rings is 1. The van der Waals surface area contributed by atoms with E-state index in [1.54, 1.807) is 24.3 Å². The lowest BCUT2D eigenvalue weighted by molar-refractivity contribution is -0.147. The van der Waals surface area contributed by atoms with Crippen LogP contribution in [0.5, 0.6) is 0 Å². The van der Waals surface area contributed by atoms with Gasteiger partial charge in [-0.05, 0) is 25.5 Å². The molecule has 27 heavy (non-hydrogen) atoms. The molecule has 0 amide bonds. The average molecular weight is 376 g/mol.